The number of ether oxygens (including phenoxy) is 1. The monoisotopic (exact) mass is 520 g/mol. The van der Waals surface area contributed by atoms with Crippen LogP contribution < -0.4 is 10.6 Å². The number of rotatable bonds is 10. The van der Waals surface area contributed by atoms with E-state index in [-0.39, 0.29) is 23.1 Å². The lowest BCUT2D eigenvalue weighted by Crippen LogP contribution is -2.57. The van der Waals surface area contributed by atoms with E-state index in [1.807, 2.05) is 44.4 Å². The van der Waals surface area contributed by atoms with Gasteiger partial charge >= 0.3 is 0 Å². The van der Waals surface area contributed by atoms with Gasteiger partial charge in [0.1, 0.15) is 17.5 Å². The minimum absolute atomic E-state index is 0.114. The summed E-state index contributed by atoms with van der Waals surface area (Å²) < 4.78 is 4.90. The topological polar surface area (TPSA) is 91.0 Å². The molecule has 1 aromatic carbocycles. The Bertz CT molecular complexity index is 938. The molecule has 3 aliphatic heterocycles. The minimum Gasteiger partial charge on any atom is -0.379 e. The number of thioether (sulfide) groups is 2. The Labute approximate surface area is 216 Å². The van der Waals surface area contributed by atoms with Gasteiger partial charge in [-0.25, -0.2) is 0 Å². The molecular weight excluding hydrogens is 484 g/mol. The van der Waals surface area contributed by atoms with Crippen LogP contribution in [0.1, 0.15) is 48.0 Å². The largest absolute Gasteiger partial charge is 0.379 e. The molecule has 0 saturated carbocycles. The van der Waals surface area contributed by atoms with Crippen molar-refractivity contribution in [2.75, 3.05) is 51.4 Å². The van der Waals surface area contributed by atoms with Crippen molar-refractivity contribution < 1.29 is 19.1 Å². The van der Waals surface area contributed by atoms with Gasteiger partial charge in [0, 0.05) is 29.9 Å². The van der Waals surface area contributed by atoms with Crippen molar-refractivity contribution >= 4 is 41.2 Å². The average Bonchev–Trinajstić information content (AvgIpc) is 3.28. The molecule has 3 atom stereocenters. The second kappa shape index (κ2) is 11.5. The van der Waals surface area contributed by atoms with Crippen LogP contribution in [0.15, 0.2) is 24.3 Å². The molecule has 1 aromatic rings. The van der Waals surface area contributed by atoms with Gasteiger partial charge in [-0.1, -0.05) is 18.2 Å². The average molecular weight is 521 g/mol. The third kappa shape index (κ3) is 5.81. The normalized spacial score (nSPS) is 24.1. The summed E-state index contributed by atoms with van der Waals surface area (Å²) in [6, 6.07) is 6.29. The first-order chi connectivity index (χ1) is 16.8. The SMILES string of the molecule is CSCC[C@H](NC(=O)[C@@H]1N2C(=O)c3ccccc3[C@@H]2SC1(C)C)C(=O)NCCCN1CCOCC1. The molecule has 0 radical (unpaired) electrons. The van der Waals surface area contributed by atoms with Crippen LogP contribution in [0.3, 0.4) is 0 Å². The maximum Gasteiger partial charge on any atom is 0.256 e. The van der Waals surface area contributed by atoms with Crippen LogP contribution in [-0.2, 0) is 14.3 Å². The van der Waals surface area contributed by atoms with Crippen molar-refractivity contribution in [3.05, 3.63) is 35.4 Å². The first-order valence-electron chi connectivity index (χ1n) is 12.3. The highest BCUT2D eigenvalue weighted by molar-refractivity contribution is 8.01. The molecular formula is C25H36N4O4S2. The molecule has 2 fully saturated rings. The zero-order valence-corrected chi connectivity index (χ0v) is 22.4. The Morgan fingerprint density at radius 1 is 1.26 bits per heavy atom. The van der Waals surface area contributed by atoms with Crippen LogP contribution in [0, 0.1) is 0 Å². The van der Waals surface area contributed by atoms with E-state index in [1.165, 1.54) is 0 Å². The summed E-state index contributed by atoms with van der Waals surface area (Å²) in [4.78, 5) is 43.9. The van der Waals surface area contributed by atoms with E-state index in [0.29, 0.717) is 18.5 Å². The molecule has 10 heteroatoms. The van der Waals surface area contributed by atoms with E-state index in [4.69, 9.17) is 4.74 Å². The predicted octanol–water partition coefficient (Wildman–Crippen LogP) is 2.11. The van der Waals surface area contributed by atoms with Crippen molar-refractivity contribution in [1.29, 1.82) is 0 Å². The molecule has 192 valence electrons. The van der Waals surface area contributed by atoms with Crippen molar-refractivity contribution in [1.82, 2.24) is 20.4 Å². The molecule has 4 rings (SSSR count). The Hall–Kier alpha value is -1.75. The molecule has 3 heterocycles. The number of hydrogen-bond acceptors (Lipinski definition) is 7. The van der Waals surface area contributed by atoms with Gasteiger partial charge < -0.3 is 20.3 Å². The standard InChI is InChI=1S/C25H36N4O4S2/c1-25(2)20(29-23(32)17-7-4-5-8-18(17)24(29)35-25)22(31)27-19(9-16-34-3)21(30)26-10-6-11-28-12-14-33-15-13-28/h4-5,7-8,19-20,24H,6,9-16H2,1-3H3,(H,26,30)(H,27,31)/t19-,20-,24-/m0/s1. The fourth-order valence-corrected chi connectivity index (χ4v) is 7.08. The van der Waals surface area contributed by atoms with Crippen LogP contribution in [0.4, 0.5) is 0 Å². The molecule has 35 heavy (non-hydrogen) atoms. The van der Waals surface area contributed by atoms with Crippen molar-refractivity contribution in [2.45, 2.75) is 48.9 Å². The zero-order valence-electron chi connectivity index (χ0n) is 20.7. The van der Waals surface area contributed by atoms with Gasteiger partial charge in [-0.05, 0) is 56.9 Å². The van der Waals surface area contributed by atoms with Crippen LogP contribution in [-0.4, -0.2) is 95.8 Å². The van der Waals surface area contributed by atoms with Gasteiger partial charge in [0.2, 0.25) is 11.8 Å². The lowest BCUT2D eigenvalue weighted by Gasteiger charge is -2.31. The van der Waals surface area contributed by atoms with Crippen molar-refractivity contribution in [2.24, 2.45) is 0 Å². The van der Waals surface area contributed by atoms with Crippen molar-refractivity contribution in [3.8, 4) is 0 Å². The molecule has 0 unspecified atom stereocenters. The molecule has 2 saturated heterocycles. The third-order valence-corrected chi connectivity index (χ3v) is 9.02. The van der Waals surface area contributed by atoms with Crippen LogP contribution >= 0.6 is 23.5 Å². The Morgan fingerprint density at radius 3 is 2.74 bits per heavy atom. The van der Waals surface area contributed by atoms with Gasteiger partial charge in [0.25, 0.3) is 5.91 Å². The molecule has 0 aliphatic carbocycles. The van der Waals surface area contributed by atoms with Gasteiger partial charge in [-0.3, -0.25) is 19.3 Å². The zero-order chi connectivity index (χ0) is 25.0. The Morgan fingerprint density at radius 2 is 2.00 bits per heavy atom. The number of carbonyl (C=O) groups is 3. The Kier molecular flexibility index (Phi) is 8.67. The highest BCUT2D eigenvalue weighted by Gasteiger charge is 2.57. The molecule has 3 amide bonds. The maximum absolute atomic E-state index is 13.6. The quantitative estimate of drug-likeness (QED) is 0.457. The molecule has 2 N–H and O–H groups in total. The summed E-state index contributed by atoms with van der Waals surface area (Å²) in [6.07, 6.45) is 3.38. The van der Waals surface area contributed by atoms with Crippen LogP contribution in [0.2, 0.25) is 0 Å². The second-order valence-electron chi connectivity index (χ2n) is 9.72. The van der Waals surface area contributed by atoms with Crippen LogP contribution in [0.25, 0.3) is 0 Å². The van der Waals surface area contributed by atoms with E-state index >= 15 is 0 Å². The number of nitrogens with one attached hydrogen (secondary N) is 2. The van der Waals surface area contributed by atoms with Crippen molar-refractivity contribution in [3.63, 3.8) is 0 Å². The fraction of sp³-hybridized carbons (Fsp3) is 0.640. The Balaban J connectivity index is 1.38. The summed E-state index contributed by atoms with van der Waals surface area (Å²) in [5.41, 5.74) is 1.62. The van der Waals surface area contributed by atoms with E-state index < -0.39 is 16.8 Å². The third-order valence-electron chi connectivity index (χ3n) is 6.84. The highest BCUT2D eigenvalue weighted by atomic mass is 32.2. The number of carbonyl (C=O) groups excluding carboxylic acids is 3. The minimum atomic E-state index is -0.650. The number of morpholine rings is 1. The van der Waals surface area contributed by atoms with Gasteiger partial charge in [-0.2, -0.15) is 11.8 Å². The van der Waals surface area contributed by atoms with E-state index in [0.717, 1.165) is 50.6 Å². The van der Waals surface area contributed by atoms with E-state index in [2.05, 4.69) is 15.5 Å². The van der Waals surface area contributed by atoms with E-state index in [9.17, 15) is 14.4 Å². The summed E-state index contributed by atoms with van der Waals surface area (Å²) in [5, 5.41) is 5.83. The molecule has 0 spiro atoms. The van der Waals surface area contributed by atoms with Gasteiger partial charge in [0.15, 0.2) is 0 Å². The number of nitrogens with zero attached hydrogens (tertiary/aromatic N) is 2. The predicted molar refractivity (Wildman–Crippen MR) is 141 cm³/mol. The molecule has 0 aromatic heterocycles. The second-order valence-corrected chi connectivity index (χ2v) is 12.4. The maximum atomic E-state index is 13.6. The number of hydrogen-bond donors (Lipinski definition) is 2. The van der Waals surface area contributed by atoms with Gasteiger partial charge in [-0.15, -0.1) is 11.8 Å². The smallest absolute Gasteiger partial charge is 0.256 e. The summed E-state index contributed by atoms with van der Waals surface area (Å²) in [5.74, 6) is 0.217. The molecule has 8 nitrogen and oxygen atoms in total. The molecule has 3 aliphatic rings. The lowest BCUT2D eigenvalue weighted by molar-refractivity contribution is -0.131. The summed E-state index contributed by atoms with van der Waals surface area (Å²) in [7, 11) is 0. The molecule has 0 bridgehead atoms. The number of fused-ring (bicyclic) bond motifs is 3. The highest BCUT2D eigenvalue weighted by Crippen LogP contribution is 2.56. The lowest BCUT2D eigenvalue weighted by atomic mass is 10.00. The number of benzene rings is 1. The van der Waals surface area contributed by atoms with E-state index in [1.54, 1.807) is 28.4 Å². The summed E-state index contributed by atoms with van der Waals surface area (Å²) >= 11 is 3.27. The summed E-state index contributed by atoms with van der Waals surface area (Å²) in [6.45, 7) is 8.85. The van der Waals surface area contributed by atoms with Gasteiger partial charge in [0.05, 0.1) is 13.2 Å². The first-order valence-corrected chi connectivity index (χ1v) is 14.6. The fourth-order valence-electron chi connectivity index (χ4n) is 5.02. The number of amides is 3. The first kappa shape index (κ1) is 26.3. The van der Waals surface area contributed by atoms with Crippen LogP contribution in [0.5, 0.6) is 0 Å².